The Hall–Kier alpha value is -2.52. The smallest absolute Gasteiger partial charge is 0.235 e. The molecular weight excluding hydrogens is 314 g/mol. The molecule has 0 aliphatic rings. The molecule has 2 aromatic rings. The van der Waals surface area contributed by atoms with Gasteiger partial charge in [0.2, 0.25) is 5.91 Å². The number of aryl methyl sites for hydroxylation is 1. The number of benzene rings is 1. The number of fused-ring (bicyclic) bond motifs is 1. The average Bonchev–Trinajstić information content (AvgIpc) is 2.54. The molecule has 1 amide bonds. The number of nitriles is 1. The van der Waals surface area contributed by atoms with Crippen molar-refractivity contribution in [3.8, 4) is 6.07 Å². The number of nitrogens with zero attached hydrogens (tertiary/aromatic N) is 4. The van der Waals surface area contributed by atoms with E-state index in [2.05, 4.69) is 21.4 Å². The summed E-state index contributed by atoms with van der Waals surface area (Å²) in [5.41, 5.74) is 0.962. The fourth-order valence-corrected chi connectivity index (χ4v) is 2.54. The van der Waals surface area contributed by atoms with E-state index < -0.39 is 5.54 Å². The molecule has 0 radical (unpaired) electrons. The van der Waals surface area contributed by atoms with Crippen LogP contribution in [0.25, 0.3) is 10.9 Å². The molecule has 6 nitrogen and oxygen atoms in total. The summed E-state index contributed by atoms with van der Waals surface area (Å²) < 4.78 is 0. The molecule has 0 fully saturated rings. The lowest BCUT2D eigenvalue weighted by Gasteiger charge is -2.28. The van der Waals surface area contributed by atoms with Gasteiger partial charge in [0.25, 0.3) is 0 Å². The molecule has 0 aliphatic carbocycles. The molecule has 1 aromatic carbocycles. The Morgan fingerprint density at radius 2 is 2.04 bits per heavy atom. The Morgan fingerprint density at radius 1 is 1.36 bits per heavy atom. The quantitative estimate of drug-likeness (QED) is 0.874. The van der Waals surface area contributed by atoms with Crippen molar-refractivity contribution in [3.05, 3.63) is 35.8 Å². The van der Waals surface area contributed by atoms with Crippen LogP contribution in [-0.2, 0) is 11.3 Å². The van der Waals surface area contributed by atoms with Crippen LogP contribution in [0, 0.1) is 24.2 Å². The molecule has 1 atom stereocenters. The predicted octanol–water partition coefficient (Wildman–Crippen LogP) is 2.42. The number of aromatic nitrogens is 2. The molecule has 0 saturated heterocycles. The lowest BCUT2D eigenvalue weighted by Crippen LogP contribution is -2.51. The van der Waals surface area contributed by atoms with E-state index in [1.807, 2.05) is 57.0 Å². The topological polar surface area (TPSA) is 81.9 Å². The molecule has 0 saturated carbocycles. The predicted molar refractivity (Wildman–Crippen MR) is 97.6 cm³/mol. The third-order valence-corrected chi connectivity index (χ3v) is 4.45. The highest BCUT2D eigenvalue weighted by Crippen LogP contribution is 2.16. The highest BCUT2D eigenvalue weighted by molar-refractivity contribution is 5.80. The molecule has 25 heavy (non-hydrogen) atoms. The second kappa shape index (κ2) is 7.58. The Bertz CT molecular complexity index is 811. The van der Waals surface area contributed by atoms with Gasteiger partial charge in [-0.25, -0.2) is 9.97 Å². The molecule has 2 rings (SSSR count). The first-order valence-electron chi connectivity index (χ1n) is 8.38. The van der Waals surface area contributed by atoms with Crippen LogP contribution < -0.4 is 5.32 Å². The van der Waals surface area contributed by atoms with Gasteiger partial charge in [-0.3, -0.25) is 9.69 Å². The van der Waals surface area contributed by atoms with E-state index in [0.717, 1.165) is 16.6 Å². The van der Waals surface area contributed by atoms with Crippen LogP contribution in [0.15, 0.2) is 24.3 Å². The third-order valence-electron chi connectivity index (χ3n) is 4.45. The molecule has 0 bridgehead atoms. The maximum Gasteiger partial charge on any atom is 0.235 e. The molecule has 0 aliphatic heterocycles. The largest absolute Gasteiger partial charge is 0.337 e. The molecule has 0 spiro atoms. The molecule has 132 valence electrons. The first-order valence-corrected chi connectivity index (χ1v) is 8.38. The van der Waals surface area contributed by atoms with Gasteiger partial charge in [0.05, 0.1) is 24.7 Å². The van der Waals surface area contributed by atoms with Crippen LogP contribution >= 0.6 is 0 Å². The normalized spacial score (nSPS) is 13.7. The van der Waals surface area contributed by atoms with Crippen molar-refractivity contribution in [2.45, 2.75) is 39.8 Å². The number of likely N-dealkylation sites (N-methyl/N-ethyl adjacent to an activating group) is 1. The van der Waals surface area contributed by atoms with E-state index in [9.17, 15) is 10.1 Å². The number of rotatable bonds is 6. The number of hydrogen-bond acceptors (Lipinski definition) is 5. The molecule has 1 heterocycles. The summed E-state index contributed by atoms with van der Waals surface area (Å²) in [5, 5.41) is 13.2. The Kier molecular flexibility index (Phi) is 5.70. The third kappa shape index (κ3) is 4.52. The van der Waals surface area contributed by atoms with Gasteiger partial charge < -0.3 is 5.32 Å². The highest BCUT2D eigenvalue weighted by atomic mass is 16.2. The average molecular weight is 339 g/mol. The number of carbonyl (C=O) groups is 1. The van der Waals surface area contributed by atoms with Crippen molar-refractivity contribution in [2.24, 2.45) is 5.92 Å². The fraction of sp³-hybridized carbons (Fsp3) is 0.474. The van der Waals surface area contributed by atoms with Crippen molar-refractivity contribution < 1.29 is 4.79 Å². The number of carbonyl (C=O) groups excluding carboxylic acids is 1. The molecule has 1 aromatic heterocycles. The van der Waals surface area contributed by atoms with Crippen molar-refractivity contribution >= 4 is 16.8 Å². The summed E-state index contributed by atoms with van der Waals surface area (Å²) >= 11 is 0. The van der Waals surface area contributed by atoms with Crippen molar-refractivity contribution in [1.82, 2.24) is 20.2 Å². The summed E-state index contributed by atoms with van der Waals surface area (Å²) in [4.78, 5) is 23.2. The maximum atomic E-state index is 12.3. The molecular formula is C19H25N5O. The zero-order valence-electron chi connectivity index (χ0n) is 15.5. The van der Waals surface area contributed by atoms with Gasteiger partial charge in [0, 0.05) is 11.1 Å². The zero-order valence-corrected chi connectivity index (χ0v) is 15.5. The van der Waals surface area contributed by atoms with E-state index in [0.29, 0.717) is 12.4 Å². The minimum atomic E-state index is -0.867. The van der Waals surface area contributed by atoms with Crippen LogP contribution in [0.2, 0.25) is 0 Å². The van der Waals surface area contributed by atoms with E-state index in [4.69, 9.17) is 0 Å². The van der Waals surface area contributed by atoms with Gasteiger partial charge in [0.15, 0.2) is 0 Å². The lowest BCUT2D eigenvalue weighted by molar-refractivity contribution is -0.123. The first kappa shape index (κ1) is 18.8. The van der Waals surface area contributed by atoms with Gasteiger partial charge in [-0.2, -0.15) is 5.26 Å². The summed E-state index contributed by atoms with van der Waals surface area (Å²) in [6.07, 6.45) is 0. The Morgan fingerprint density at radius 3 is 2.68 bits per heavy atom. The van der Waals surface area contributed by atoms with E-state index in [1.165, 1.54) is 0 Å². The zero-order chi connectivity index (χ0) is 18.6. The van der Waals surface area contributed by atoms with Crippen molar-refractivity contribution in [2.75, 3.05) is 13.6 Å². The monoisotopic (exact) mass is 339 g/mol. The number of amides is 1. The van der Waals surface area contributed by atoms with Crippen molar-refractivity contribution in [1.29, 1.82) is 5.26 Å². The number of para-hydroxylation sites is 1. The minimum absolute atomic E-state index is 0.0261. The summed E-state index contributed by atoms with van der Waals surface area (Å²) in [6.45, 7) is 8.17. The fourth-order valence-electron chi connectivity index (χ4n) is 2.54. The Balaban J connectivity index is 2.04. The van der Waals surface area contributed by atoms with Crippen LogP contribution in [0.4, 0.5) is 0 Å². The van der Waals surface area contributed by atoms with Crippen molar-refractivity contribution in [3.63, 3.8) is 0 Å². The van der Waals surface area contributed by atoms with E-state index in [-0.39, 0.29) is 18.4 Å². The van der Waals surface area contributed by atoms with Gasteiger partial charge in [-0.15, -0.1) is 0 Å². The number of nitrogens with one attached hydrogen (secondary N) is 1. The lowest BCUT2D eigenvalue weighted by atomic mass is 9.90. The summed E-state index contributed by atoms with van der Waals surface area (Å²) in [5.74, 6) is 0.523. The van der Waals surface area contributed by atoms with Crippen LogP contribution in [0.1, 0.15) is 32.3 Å². The molecule has 6 heteroatoms. The van der Waals surface area contributed by atoms with Gasteiger partial charge >= 0.3 is 0 Å². The van der Waals surface area contributed by atoms with Crippen LogP contribution in [0.5, 0.6) is 0 Å². The van der Waals surface area contributed by atoms with E-state index in [1.54, 1.807) is 6.92 Å². The van der Waals surface area contributed by atoms with Gasteiger partial charge in [0.1, 0.15) is 11.4 Å². The highest BCUT2D eigenvalue weighted by Gasteiger charge is 2.30. The minimum Gasteiger partial charge on any atom is -0.337 e. The van der Waals surface area contributed by atoms with Gasteiger partial charge in [-0.05, 0) is 32.9 Å². The first-order chi connectivity index (χ1) is 11.7. The van der Waals surface area contributed by atoms with Crippen LogP contribution in [0.3, 0.4) is 0 Å². The van der Waals surface area contributed by atoms with Gasteiger partial charge in [-0.1, -0.05) is 32.0 Å². The van der Waals surface area contributed by atoms with E-state index >= 15 is 0 Å². The molecule has 0 unspecified atom stereocenters. The number of hydrogen-bond donors (Lipinski definition) is 1. The second-order valence-corrected chi connectivity index (χ2v) is 6.93. The second-order valence-electron chi connectivity index (χ2n) is 6.93. The Labute approximate surface area is 148 Å². The standard InChI is InChI=1S/C19H25N5O/c1-13(2)19(4,12-20)23-18(25)11-24(5)10-17-21-14(3)15-8-6-7-9-16(15)22-17/h6-9,13H,10-11H2,1-5H3,(H,23,25)/t19-/m0/s1. The summed E-state index contributed by atoms with van der Waals surface area (Å²) in [6, 6.07) is 10.1. The SMILES string of the molecule is Cc1nc(CN(C)CC(=O)N[C@@](C)(C#N)C(C)C)nc2ccccc12. The molecule has 1 N–H and O–H groups in total. The van der Waals surface area contributed by atoms with Crippen LogP contribution in [-0.4, -0.2) is 39.9 Å². The maximum absolute atomic E-state index is 12.3. The summed E-state index contributed by atoms with van der Waals surface area (Å²) in [7, 11) is 1.84.